The number of pyridine rings is 1. The lowest BCUT2D eigenvalue weighted by molar-refractivity contribution is -0.143. The van der Waals surface area contributed by atoms with E-state index >= 15 is 4.39 Å². The number of aliphatic hydroxyl groups is 1. The molecule has 3 aromatic heterocycles. The summed E-state index contributed by atoms with van der Waals surface area (Å²) in [5.41, 5.74) is 2.74. The largest absolute Gasteiger partial charge is 0.480 e. The molecule has 2 N–H and O–H groups in total. The summed E-state index contributed by atoms with van der Waals surface area (Å²) in [6.07, 6.45) is 12.3. The summed E-state index contributed by atoms with van der Waals surface area (Å²) >= 11 is 0. The number of nitrogens with zero attached hydrogens (tertiary/aromatic N) is 6. The van der Waals surface area contributed by atoms with Crippen molar-refractivity contribution in [2.45, 2.75) is 96.2 Å². The van der Waals surface area contributed by atoms with Crippen molar-refractivity contribution in [1.29, 1.82) is 0 Å². The van der Waals surface area contributed by atoms with Gasteiger partial charge in [0.2, 0.25) is 5.88 Å². The van der Waals surface area contributed by atoms with E-state index in [0.29, 0.717) is 54.0 Å². The molecule has 3 atom stereocenters. The highest BCUT2D eigenvalue weighted by Crippen LogP contribution is 2.52. The van der Waals surface area contributed by atoms with E-state index in [1.54, 1.807) is 13.1 Å². The molecule has 3 aliphatic heterocycles. The van der Waals surface area contributed by atoms with Gasteiger partial charge in [-0.1, -0.05) is 6.42 Å². The van der Waals surface area contributed by atoms with Crippen LogP contribution in [0.25, 0.3) is 33.1 Å². The number of aromatic amines is 1. The average molecular weight is 730 g/mol. The number of piperidine rings is 1. The molecule has 5 aliphatic rings. The standard InChI is InChI=1S/C40H52FN7O5/c1-24-17-28-27(18-42-46-28)30(25(24)2)33-32(41)34-31(36(43-33)50-4)35(47-15-16-51-20-38(3,49)19-47)45-37(44-34)53-23-40-10-5-7-29(40)48(14-6-11-40)26-8-12-39(13-9-26)21-52-22-39/h17-18,26,29,49H,5-16,19-23H2,1-4H3,(H,42,46)/t29-,38+,40?/m1/s1. The zero-order valence-electron chi connectivity index (χ0n) is 31.5. The Balaban J connectivity index is 1.11. The first kappa shape index (κ1) is 35.1. The topological polar surface area (TPSA) is 131 Å². The predicted octanol–water partition coefficient (Wildman–Crippen LogP) is 5.89. The summed E-state index contributed by atoms with van der Waals surface area (Å²) in [7, 11) is 1.52. The Bertz CT molecular complexity index is 2020. The Morgan fingerprint density at radius 3 is 2.60 bits per heavy atom. The van der Waals surface area contributed by atoms with Crippen molar-refractivity contribution < 1.29 is 28.4 Å². The highest BCUT2D eigenvalue weighted by molar-refractivity contribution is 6.01. The average Bonchev–Trinajstić information content (AvgIpc) is 3.75. The second kappa shape index (κ2) is 13.3. The van der Waals surface area contributed by atoms with Gasteiger partial charge in [-0.15, -0.1) is 0 Å². The number of nitrogens with one attached hydrogen (secondary N) is 1. The number of β-amino-alcohol motifs (C(OH)–C–C–N with tert-alkyl or cyclic N) is 1. The van der Waals surface area contributed by atoms with Crippen LogP contribution in [-0.4, -0.2) is 113 Å². The lowest BCUT2D eigenvalue weighted by Crippen LogP contribution is -2.57. The van der Waals surface area contributed by atoms with Crippen LogP contribution in [0.2, 0.25) is 0 Å². The minimum Gasteiger partial charge on any atom is -0.480 e. The molecule has 0 bridgehead atoms. The van der Waals surface area contributed by atoms with E-state index in [4.69, 9.17) is 33.9 Å². The van der Waals surface area contributed by atoms with E-state index in [1.807, 2.05) is 24.8 Å². The number of hydrogen-bond donors (Lipinski definition) is 2. The van der Waals surface area contributed by atoms with Crippen molar-refractivity contribution in [2.24, 2.45) is 10.8 Å². The highest BCUT2D eigenvalue weighted by atomic mass is 19.1. The molecule has 9 rings (SSSR count). The fourth-order valence-corrected chi connectivity index (χ4v) is 10.3. The molecule has 53 heavy (non-hydrogen) atoms. The van der Waals surface area contributed by atoms with Crippen LogP contribution in [0.1, 0.15) is 75.8 Å². The zero-order chi connectivity index (χ0) is 36.5. The second-order valence-corrected chi connectivity index (χ2v) is 17.0. The third kappa shape index (κ3) is 6.02. The van der Waals surface area contributed by atoms with E-state index in [9.17, 15) is 5.11 Å². The fourth-order valence-electron chi connectivity index (χ4n) is 10.3. The van der Waals surface area contributed by atoms with Crippen LogP contribution in [0.3, 0.4) is 0 Å². The van der Waals surface area contributed by atoms with Gasteiger partial charge in [-0.3, -0.25) is 10.00 Å². The molecule has 284 valence electrons. The summed E-state index contributed by atoms with van der Waals surface area (Å²) in [4.78, 5) is 19.4. The Morgan fingerprint density at radius 2 is 1.83 bits per heavy atom. The maximum atomic E-state index is 17.3. The van der Waals surface area contributed by atoms with Crippen LogP contribution in [0, 0.1) is 30.5 Å². The van der Waals surface area contributed by atoms with Gasteiger partial charge in [0.05, 0.1) is 58.4 Å². The maximum absolute atomic E-state index is 17.3. The SMILES string of the molecule is COc1nc(-c2c(C)c(C)cc3[nH]ncc23)c(F)c2nc(OCC34CCC[C@H]3N(C3CCC5(CC3)COC5)CCC4)nc(N3CCOC[C@@](C)(O)C3)c12. The van der Waals surface area contributed by atoms with Crippen LogP contribution < -0.4 is 14.4 Å². The smallest absolute Gasteiger partial charge is 0.319 e. The monoisotopic (exact) mass is 729 g/mol. The summed E-state index contributed by atoms with van der Waals surface area (Å²) in [6, 6.07) is 3.17. The molecule has 3 saturated heterocycles. The Labute approximate surface area is 309 Å². The number of anilines is 1. The molecule has 1 spiro atoms. The number of halogens is 1. The van der Waals surface area contributed by atoms with E-state index in [1.165, 1.54) is 45.6 Å². The van der Waals surface area contributed by atoms with Gasteiger partial charge in [-0.25, -0.2) is 9.37 Å². The lowest BCUT2D eigenvalue weighted by Gasteiger charge is -2.53. The number of ether oxygens (including phenoxy) is 4. The number of likely N-dealkylation sites (tertiary alicyclic amines) is 1. The van der Waals surface area contributed by atoms with Crippen molar-refractivity contribution in [3.8, 4) is 23.1 Å². The summed E-state index contributed by atoms with van der Waals surface area (Å²) in [5.74, 6) is 0.0123. The van der Waals surface area contributed by atoms with Gasteiger partial charge in [0.1, 0.15) is 28.0 Å². The molecular weight excluding hydrogens is 677 g/mol. The zero-order valence-corrected chi connectivity index (χ0v) is 31.5. The molecule has 1 aromatic carbocycles. The first-order chi connectivity index (χ1) is 25.6. The van der Waals surface area contributed by atoms with Crippen LogP contribution in [0.4, 0.5) is 10.2 Å². The first-order valence-corrected chi connectivity index (χ1v) is 19.5. The summed E-state index contributed by atoms with van der Waals surface area (Å²) in [5, 5.41) is 19.6. The quantitative estimate of drug-likeness (QED) is 0.236. The van der Waals surface area contributed by atoms with Gasteiger partial charge < -0.3 is 29.0 Å². The molecular formula is C40H52FN7O5. The molecule has 0 radical (unpaired) electrons. The lowest BCUT2D eigenvalue weighted by atomic mass is 9.69. The molecule has 2 aliphatic carbocycles. The van der Waals surface area contributed by atoms with Crippen molar-refractivity contribution >= 4 is 27.6 Å². The molecule has 6 heterocycles. The highest BCUT2D eigenvalue weighted by Gasteiger charge is 2.52. The van der Waals surface area contributed by atoms with Gasteiger partial charge in [0.25, 0.3) is 0 Å². The normalized spacial score (nSPS) is 28.0. The fraction of sp³-hybridized carbons (Fsp3) is 0.650. The number of rotatable bonds is 7. The van der Waals surface area contributed by atoms with Gasteiger partial charge in [0, 0.05) is 40.4 Å². The summed E-state index contributed by atoms with van der Waals surface area (Å²) in [6.45, 7) is 10.3. The van der Waals surface area contributed by atoms with Crippen LogP contribution in [-0.2, 0) is 9.47 Å². The summed E-state index contributed by atoms with van der Waals surface area (Å²) < 4.78 is 41.3. The number of methoxy groups -OCH3 is 1. The Hall–Kier alpha value is -3.65. The van der Waals surface area contributed by atoms with Gasteiger partial charge >= 0.3 is 6.01 Å². The molecule has 2 saturated carbocycles. The van der Waals surface area contributed by atoms with E-state index in [-0.39, 0.29) is 41.7 Å². The minimum absolute atomic E-state index is 0.0171. The van der Waals surface area contributed by atoms with E-state index < -0.39 is 11.4 Å². The minimum atomic E-state index is -1.16. The molecule has 12 nitrogen and oxygen atoms in total. The van der Waals surface area contributed by atoms with Crippen molar-refractivity contribution in [3.05, 3.63) is 29.2 Å². The predicted molar refractivity (Wildman–Crippen MR) is 199 cm³/mol. The molecule has 1 unspecified atom stereocenters. The van der Waals surface area contributed by atoms with Crippen molar-refractivity contribution in [3.63, 3.8) is 0 Å². The molecule has 0 amide bonds. The number of aromatic nitrogens is 5. The van der Waals surface area contributed by atoms with Crippen molar-refractivity contribution in [2.75, 3.05) is 64.7 Å². The number of H-pyrrole nitrogens is 1. The van der Waals surface area contributed by atoms with Gasteiger partial charge in [-0.05, 0) is 95.9 Å². The Kier molecular flexibility index (Phi) is 8.79. The van der Waals surface area contributed by atoms with Gasteiger partial charge in [0.15, 0.2) is 5.82 Å². The molecule has 13 heteroatoms. The third-order valence-electron chi connectivity index (χ3n) is 13.3. The number of aryl methyl sites for hydroxylation is 1. The van der Waals surface area contributed by atoms with Gasteiger partial charge in [-0.2, -0.15) is 15.1 Å². The van der Waals surface area contributed by atoms with Crippen LogP contribution in [0.5, 0.6) is 11.9 Å². The van der Waals surface area contributed by atoms with Crippen molar-refractivity contribution in [1.82, 2.24) is 30.0 Å². The number of benzene rings is 1. The van der Waals surface area contributed by atoms with Crippen LogP contribution >= 0.6 is 0 Å². The number of hydrogen-bond acceptors (Lipinski definition) is 11. The van der Waals surface area contributed by atoms with Crippen LogP contribution in [0.15, 0.2) is 12.3 Å². The van der Waals surface area contributed by atoms with E-state index in [2.05, 4.69) is 15.1 Å². The molecule has 5 fully saturated rings. The molecule has 4 aromatic rings. The number of fused-ring (bicyclic) bond motifs is 3. The van der Waals surface area contributed by atoms with E-state index in [0.717, 1.165) is 61.1 Å². The second-order valence-electron chi connectivity index (χ2n) is 17.0. The maximum Gasteiger partial charge on any atom is 0.319 e. The first-order valence-electron chi connectivity index (χ1n) is 19.5. The third-order valence-corrected chi connectivity index (χ3v) is 13.3. The Morgan fingerprint density at radius 1 is 1.02 bits per heavy atom.